The maximum atomic E-state index is 9.23. The van der Waals surface area contributed by atoms with Gasteiger partial charge in [0, 0.05) is 17.1 Å². The molecule has 0 spiro atoms. The van der Waals surface area contributed by atoms with Gasteiger partial charge in [0.25, 0.3) is 0 Å². The summed E-state index contributed by atoms with van der Waals surface area (Å²) >= 11 is 5.99. The topological polar surface area (TPSA) is 66.9 Å². The van der Waals surface area contributed by atoms with Gasteiger partial charge < -0.3 is 0 Å². The quantitative estimate of drug-likeness (QED) is 0.649. The van der Waals surface area contributed by atoms with Gasteiger partial charge in [0.15, 0.2) is 15.6 Å². The van der Waals surface area contributed by atoms with E-state index in [1.54, 1.807) is 10.9 Å². The maximum Gasteiger partial charge on any atom is 0.179 e. The fourth-order valence-corrected chi connectivity index (χ4v) is 4.11. The second kappa shape index (κ2) is 7.51. The Morgan fingerprint density at radius 1 is 1.30 bits per heavy atom. The van der Waals surface area contributed by atoms with E-state index in [1.165, 1.54) is 26.4 Å². The highest BCUT2D eigenvalue weighted by Gasteiger charge is 2.10. The lowest BCUT2D eigenvalue weighted by Gasteiger charge is -2.04. The van der Waals surface area contributed by atoms with Gasteiger partial charge in [0.2, 0.25) is 0 Å². The Morgan fingerprint density at radius 2 is 2.13 bits per heavy atom. The first-order valence-electron chi connectivity index (χ1n) is 6.94. The summed E-state index contributed by atoms with van der Waals surface area (Å²) in [7, 11) is 2.65. The zero-order chi connectivity index (χ0) is 16.1. The average Bonchev–Trinajstić information content (AvgIpc) is 3.16. The Kier molecular flexibility index (Phi) is 5.18. The van der Waals surface area contributed by atoms with Crippen molar-refractivity contribution in [2.24, 2.45) is 4.99 Å². The van der Waals surface area contributed by atoms with E-state index in [-0.39, 0.29) is 0 Å². The van der Waals surface area contributed by atoms with Crippen LogP contribution in [0.15, 0.2) is 41.5 Å². The molecule has 1 aromatic carbocycles. The van der Waals surface area contributed by atoms with Gasteiger partial charge in [-0.15, -0.1) is 0 Å². The number of nitrogens with zero attached hydrogens (tertiary/aromatic N) is 5. The van der Waals surface area contributed by atoms with Crippen LogP contribution in [0.1, 0.15) is 17.5 Å². The summed E-state index contributed by atoms with van der Waals surface area (Å²) in [5, 5.41) is 13.9. The molecule has 3 rings (SSSR count). The Morgan fingerprint density at radius 3 is 2.83 bits per heavy atom. The molecule has 23 heavy (non-hydrogen) atoms. The number of nitriles is 1. The molecule has 0 saturated carbocycles. The minimum absolute atomic E-state index is 0.362. The van der Waals surface area contributed by atoms with Gasteiger partial charge in [0.1, 0.15) is 11.6 Å². The predicted octanol–water partition coefficient (Wildman–Crippen LogP) is 3.79. The Balaban J connectivity index is 1.79. The summed E-state index contributed by atoms with van der Waals surface area (Å²) in [5.41, 5.74) is 1.73. The third kappa shape index (κ3) is 3.85. The van der Waals surface area contributed by atoms with E-state index in [4.69, 9.17) is 11.6 Å². The first kappa shape index (κ1) is 15.9. The Hall–Kier alpha value is -2.01. The summed E-state index contributed by atoms with van der Waals surface area (Å²) in [4.78, 5) is 4.47. The van der Waals surface area contributed by atoms with E-state index in [0.717, 1.165) is 12.8 Å². The molecule has 0 saturated heterocycles. The number of aryl methyl sites for hydroxylation is 2. The minimum atomic E-state index is 0.362. The molecular weight excluding hydrogens is 350 g/mol. The monoisotopic (exact) mass is 361 g/mol. The van der Waals surface area contributed by atoms with Crippen molar-refractivity contribution < 1.29 is 0 Å². The molecule has 0 radical (unpaired) electrons. The van der Waals surface area contributed by atoms with Crippen LogP contribution in [0.3, 0.4) is 0 Å². The molecule has 0 aliphatic carbocycles. The van der Waals surface area contributed by atoms with Crippen LogP contribution in [-0.2, 0) is 13.0 Å². The first-order chi connectivity index (χ1) is 11.3. The lowest BCUT2D eigenvalue weighted by molar-refractivity contribution is 0.581. The molecule has 0 amide bonds. The van der Waals surface area contributed by atoms with Crippen molar-refractivity contribution in [3.63, 3.8) is 0 Å². The van der Waals surface area contributed by atoms with Gasteiger partial charge >= 0.3 is 0 Å². The van der Waals surface area contributed by atoms with E-state index >= 15 is 0 Å². The highest BCUT2D eigenvalue weighted by Crippen LogP contribution is 2.19. The van der Waals surface area contributed by atoms with Crippen LogP contribution in [0, 0.1) is 11.3 Å². The fraction of sp³-hybridized carbons (Fsp3) is 0.200. The second-order valence-electron chi connectivity index (χ2n) is 4.76. The van der Waals surface area contributed by atoms with Gasteiger partial charge in [0.05, 0.1) is 6.20 Å². The standard InChI is InChI=1S/C15H12ClN5S2/c16-13-15(22-23-20-13)19-14-12(9-17)10-18-21(14)8-4-7-11-5-2-1-3-6-11/h1-3,5-6,10H,4,7-8H2/b19-15-. The lowest BCUT2D eigenvalue weighted by Crippen LogP contribution is -2.03. The molecule has 8 heteroatoms. The highest BCUT2D eigenvalue weighted by molar-refractivity contribution is 7.66. The molecular formula is C15H12ClN5S2. The van der Waals surface area contributed by atoms with Gasteiger partial charge in [-0.2, -0.15) is 14.7 Å². The van der Waals surface area contributed by atoms with Crippen molar-refractivity contribution in [1.82, 2.24) is 14.2 Å². The van der Waals surface area contributed by atoms with E-state index in [2.05, 4.69) is 32.7 Å². The molecule has 0 atom stereocenters. The number of rotatable bonds is 5. The fourth-order valence-electron chi connectivity index (χ4n) is 2.14. The molecule has 0 aliphatic rings. The summed E-state index contributed by atoms with van der Waals surface area (Å²) in [6.07, 6.45) is 3.41. The predicted molar refractivity (Wildman–Crippen MR) is 91.9 cm³/mol. The van der Waals surface area contributed by atoms with Crippen molar-refractivity contribution in [2.45, 2.75) is 19.4 Å². The molecule has 0 unspecified atom stereocenters. The molecule has 2 aromatic heterocycles. The summed E-state index contributed by atoms with van der Waals surface area (Å²) in [6, 6.07) is 12.4. The summed E-state index contributed by atoms with van der Waals surface area (Å²) < 4.78 is 6.36. The van der Waals surface area contributed by atoms with Gasteiger partial charge in [-0.25, -0.2) is 9.67 Å². The van der Waals surface area contributed by atoms with Crippen LogP contribution in [0.25, 0.3) is 0 Å². The number of hydrogen-bond donors (Lipinski definition) is 0. The van der Waals surface area contributed by atoms with E-state index < -0.39 is 0 Å². The molecule has 0 bridgehead atoms. The van der Waals surface area contributed by atoms with E-state index in [9.17, 15) is 5.26 Å². The van der Waals surface area contributed by atoms with Crippen molar-refractivity contribution in [3.05, 3.63) is 57.5 Å². The van der Waals surface area contributed by atoms with Crippen LogP contribution < -0.4 is 4.67 Å². The average molecular weight is 362 g/mol. The molecule has 0 aliphatic heterocycles. The normalized spacial score (nSPS) is 11.6. The number of halogens is 1. The third-order valence-corrected chi connectivity index (χ3v) is 5.40. The zero-order valence-corrected chi connectivity index (χ0v) is 14.4. The van der Waals surface area contributed by atoms with Crippen molar-refractivity contribution in [2.75, 3.05) is 0 Å². The zero-order valence-electron chi connectivity index (χ0n) is 12.0. The van der Waals surface area contributed by atoms with Crippen LogP contribution in [0.2, 0.25) is 5.15 Å². The van der Waals surface area contributed by atoms with Gasteiger partial charge in [-0.05, 0) is 28.7 Å². The van der Waals surface area contributed by atoms with Crippen molar-refractivity contribution >= 4 is 38.3 Å². The van der Waals surface area contributed by atoms with Gasteiger partial charge in [-0.3, -0.25) is 0 Å². The summed E-state index contributed by atoms with van der Waals surface area (Å²) in [6.45, 7) is 0.690. The SMILES string of the molecule is N#Cc1cnn(CCCc2ccccc2)c1/N=c1\ssnc1Cl. The summed E-state index contributed by atoms with van der Waals surface area (Å²) in [5.74, 6) is 0.541. The smallest absolute Gasteiger partial charge is 0.179 e. The number of aromatic nitrogens is 3. The number of benzene rings is 1. The molecule has 3 aromatic rings. The molecule has 0 fully saturated rings. The Bertz CT molecular complexity index is 888. The lowest BCUT2D eigenvalue weighted by atomic mass is 10.1. The van der Waals surface area contributed by atoms with Crippen LogP contribution in [0.4, 0.5) is 5.82 Å². The number of hydrogen-bond acceptors (Lipinski definition) is 6. The van der Waals surface area contributed by atoms with Crippen molar-refractivity contribution in [3.8, 4) is 6.07 Å². The molecule has 0 N–H and O–H groups in total. The van der Waals surface area contributed by atoms with Crippen LogP contribution in [-0.4, -0.2) is 14.2 Å². The maximum absolute atomic E-state index is 9.23. The highest BCUT2D eigenvalue weighted by atomic mass is 35.5. The largest absolute Gasteiger partial charge is 0.247 e. The second-order valence-corrected chi connectivity index (χ2v) is 6.95. The first-order valence-corrected chi connectivity index (χ1v) is 9.42. The van der Waals surface area contributed by atoms with Crippen LogP contribution >= 0.6 is 32.5 Å². The van der Waals surface area contributed by atoms with E-state index in [0.29, 0.717) is 27.8 Å². The van der Waals surface area contributed by atoms with Gasteiger partial charge in [-0.1, -0.05) is 41.9 Å². The molecule has 5 nitrogen and oxygen atoms in total. The van der Waals surface area contributed by atoms with E-state index in [1.807, 2.05) is 18.2 Å². The molecule has 2 heterocycles. The third-order valence-electron chi connectivity index (χ3n) is 3.23. The molecule has 116 valence electrons. The van der Waals surface area contributed by atoms with Crippen LogP contribution in [0.5, 0.6) is 0 Å². The Labute approximate surface area is 145 Å². The minimum Gasteiger partial charge on any atom is -0.247 e. The van der Waals surface area contributed by atoms with Crippen molar-refractivity contribution in [1.29, 1.82) is 5.26 Å².